The fourth-order valence-corrected chi connectivity index (χ4v) is 1.54. The molecular formula is C12H13NO3. The molecule has 2 rings (SSSR count). The summed E-state index contributed by atoms with van der Waals surface area (Å²) in [5, 5.41) is 0. The molecule has 1 fully saturated rings. The molecule has 0 radical (unpaired) electrons. The Morgan fingerprint density at radius 1 is 1.56 bits per heavy atom. The molecule has 1 saturated carbocycles. The molecule has 0 unspecified atom stereocenters. The molecular weight excluding hydrogens is 206 g/mol. The summed E-state index contributed by atoms with van der Waals surface area (Å²) >= 11 is 0. The lowest BCUT2D eigenvalue weighted by Gasteiger charge is -2.04. The maximum absolute atomic E-state index is 11.5. The van der Waals surface area contributed by atoms with Gasteiger partial charge in [0.15, 0.2) is 0 Å². The van der Waals surface area contributed by atoms with Gasteiger partial charge in [-0.05, 0) is 31.9 Å². The van der Waals surface area contributed by atoms with E-state index >= 15 is 0 Å². The second kappa shape index (κ2) is 4.43. The van der Waals surface area contributed by atoms with Gasteiger partial charge in [-0.15, -0.1) is 0 Å². The monoisotopic (exact) mass is 219 g/mol. The van der Waals surface area contributed by atoms with Gasteiger partial charge in [0.1, 0.15) is 12.0 Å². The maximum Gasteiger partial charge on any atom is 0.356 e. The first-order chi connectivity index (χ1) is 7.74. The van der Waals surface area contributed by atoms with Gasteiger partial charge in [-0.3, -0.25) is 4.79 Å². The van der Waals surface area contributed by atoms with Gasteiger partial charge in [-0.25, -0.2) is 9.78 Å². The number of carbonyl (C=O) groups excluding carboxylic acids is 2. The lowest BCUT2D eigenvalue weighted by atomic mass is 10.1. The maximum atomic E-state index is 11.5. The average Bonchev–Trinajstić information content (AvgIpc) is 3.12. The van der Waals surface area contributed by atoms with Gasteiger partial charge in [0.25, 0.3) is 0 Å². The van der Waals surface area contributed by atoms with E-state index in [-0.39, 0.29) is 5.69 Å². The number of nitrogens with zero attached hydrogens (tertiary/aromatic N) is 1. The van der Waals surface area contributed by atoms with E-state index in [1.807, 2.05) is 0 Å². The zero-order chi connectivity index (χ0) is 11.5. The van der Waals surface area contributed by atoms with E-state index in [4.69, 9.17) is 4.74 Å². The molecule has 1 aliphatic rings. The highest BCUT2D eigenvalue weighted by Gasteiger charge is 2.26. The summed E-state index contributed by atoms with van der Waals surface area (Å²) < 4.78 is 4.87. The summed E-state index contributed by atoms with van der Waals surface area (Å²) in [7, 11) is 0. The number of ether oxygens (including phenoxy) is 1. The predicted octanol–water partition coefficient (Wildman–Crippen LogP) is 1.95. The highest BCUT2D eigenvalue weighted by atomic mass is 16.5. The highest BCUT2D eigenvalue weighted by molar-refractivity contribution is 5.89. The standard InChI is InChI=1S/C12H13NO3/c1-2-16-12(15)11-6-8(7-14)5-10(13-11)9-3-4-9/h5-7,9H,2-4H2,1H3. The summed E-state index contributed by atoms with van der Waals surface area (Å²) in [5.41, 5.74) is 1.54. The minimum atomic E-state index is -0.465. The van der Waals surface area contributed by atoms with Gasteiger partial charge in [0, 0.05) is 17.2 Å². The third-order valence-electron chi connectivity index (χ3n) is 2.48. The Hall–Kier alpha value is -1.71. The highest BCUT2D eigenvalue weighted by Crippen LogP contribution is 2.39. The van der Waals surface area contributed by atoms with E-state index in [1.165, 1.54) is 6.07 Å². The number of rotatable bonds is 4. The minimum absolute atomic E-state index is 0.230. The molecule has 0 bridgehead atoms. The van der Waals surface area contributed by atoms with Crippen LogP contribution in [0.4, 0.5) is 0 Å². The van der Waals surface area contributed by atoms with Gasteiger partial charge >= 0.3 is 5.97 Å². The minimum Gasteiger partial charge on any atom is -0.461 e. The summed E-state index contributed by atoms with van der Waals surface area (Å²) in [4.78, 5) is 26.5. The summed E-state index contributed by atoms with van der Waals surface area (Å²) in [6, 6.07) is 3.21. The van der Waals surface area contributed by atoms with Crippen LogP contribution < -0.4 is 0 Å². The van der Waals surface area contributed by atoms with Crippen molar-refractivity contribution in [3.8, 4) is 0 Å². The lowest BCUT2D eigenvalue weighted by Crippen LogP contribution is -2.09. The Morgan fingerprint density at radius 3 is 2.88 bits per heavy atom. The van der Waals surface area contributed by atoms with Crippen LogP contribution in [0.2, 0.25) is 0 Å². The smallest absolute Gasteiger partial charge is 0.356 e. The van der Waals surface area contributed by atoms with E-state index < -0.39 is 5.97 Å². The van der Waals surface area contributed by atoms with Crippen LogP contribution in [-0.4, -0.2) is 23.8 Å². The quantitative estimate of drug-likeness (QED) is 0.573. The van der Waals surface area contributed by atoms with Crippen molar-refractivity contribution in [1.29, 1.82) is 0 Å². The molecule has 16 heavy (non-hydrogen) atoms. The van der Waals surface area contributed by atoms with Crippen molar-refractivity contribution in [1.82, 2.24) is 4.98 Å². The largest absolute Gasteiger partial charge is 0.461 e. The molecule has 1 heterocycles. The number of aldehydes is 1. The van der Waals surface area contributed by atoms with Gasteiger partial charge in [-0.1, -0.05) is 0 Å². The molecule has 4 heteroatoms. The Morgan fingerprint density at radius 2 is 2.31 bits per heavy atom. The number of esters is 1. The summed E-state index contributed by atoms with van der Waals surface area (Å²) in [5.74, 6) is -0.0545. The fraction of sp³-hybridized carbons (Fsp3) is 0.417. The normalized spacial score (nSPS) is 14.6. The van der Waals surface area contributed by atoms with Crippen LogP contribution in [0.1, 0.15) is 52.2 Å². The lowest BCUT2D eigenvalue weighted by molar-refractivity contribution is 0.0519. The zero-order valence-corrected chi connectivity index (χ0v) is 9.10. The van der Waals surface area contributed by atoms with Crippen molar-refractivity contribution in [2.75, 3.05) is 6.61 Å². The van der Waals surface area contributed by atoms with Gasteiger partial charge < -0.3 is 4.74 Å². The first-order valence-corrected chi connectivity index (χ1v) is 5.39. The molecule has 0 spiro atoms. The van der Waals surface area contributed by atoms with Crippen LogP contribution in [0.15, 0.2) is 12.1 Å². The van der Waals surface area contributed by atoms with Crippen molar-refractivity contribution < 1.29 is 14.3 Å². The molecule has 1 aromatic rings. The van der Waals surface area contributed by atoms with Crippen LogP contribution >= 0.6 is 0 Å². The van der Waals surface area contributed by atoms with Crippen molar-refractivity contribution in [3.63, 3.8) is 0 Å². The first-order valence-electron chi connectivity index (χ1n) is 5.39. The molecule has 1 aliphatic carbocycles. The zero-order valence-electron chi connectivity index (χ0n) is 9.10. The Labute approximate surface area is 93.6 Å². The molecule has 0 saturated heterocycles. The fourth-order valence-electron chi connectivity index (χ4n) is 1.54. The number of carbonyl (C=O) groups is 2. The van der Waals surface area contributed by atoms with E-state index in [0.29, 0.717) is 18.1 Å². The second-order valence-corrected chi connectivity index (χ2v) is 3.82. The Bertz CT molecular complexity index is 424. The van der Waals surface area contributed by atoms with E-state index in [2.05, 4.69) is 4.98 Å². The topological polar surface area (TPSA) is 56.3 Å². The molecule has 84 valence electrons. The van der Waals surface area contributed by atoms with Crippen molar-refractivity contribution in [2.24, 2.45) is 0 Å². The van der Waals surface area contributed by atoms with Gasteiger partial charge in [-0.2, -0.15) is 0 Å². The molecule has 1 aromatic heterocycles. The predicted molar refractivity (Wildman–Crippen MR) is 57.6 cm³/mol. The third kappa shape index (κ3) is 2.27. The van der Waals surface area contributed by atoms with Gasteiger partial charge in [0.2, 0.25) is 0 Å². The molecule has 4 nitrogen and oxygen atoms in total. The van der Waals surface area contributed by atoms with E-state index in [1.54, 1.807) is 13.0 Å². The van der Waals surface area contributed by atoms with Crippen LogP contribution in [0.25, 0.3) is 0 Å². The molecule has 0 N–H and O–H groups in total. The average molecular weight is 219 g/mol. The molecule has 0 aliphatic heterocycles. The SMILES string of the molecule is CCOC(=O)c1cc(C=O)cc(C2CC2)n1. The first kappa shape index (κ1) is 10.8. The summed E-state index contributed by atoms with van der Waals surface area (Å²) in [6.45, 7) is 2.05. The third-order valence-corrected chi connectivity index (χ3v) is 2.48. The Kier molecular flexibility index (Phi) is 2.99. The number of pyridine rings is 1. The van der Waals surface area contributed by atoms with Crippen molar-refractivity contribution >= 4 is 12.3 Å². The summed E-state index contributed by atoms with van der Waals surface area (Å²) in [6.07, 6.45) is 2.89. The second-order valence-electron chi connectivity index (χ2n) is 3.82. The number of aromatic nitrogens is 1. The van der Waals surface area contributed by atoms with Crippen LogP contribution in [0.5, 0.6) is 0 Å². The number of hydrogen-bond donors (Lipinski definition) is 0. The van der Waals surface area contributed by atoms with Crippen molar-refractivity contribution in [3.05, 3.63) is 29.1 Å². The molecule has 0 atom stereocenters. The molecule has 0 amide bonds. The van der Waals surface area contributed by atoms with E-state index in [0.717, 1.165) is 24.8 Å². The number of hydrogen-bond acceptors (Lipinski definition) is 4. The van der Waals surface area contributed by atoms with Crippen LogP contribution in [-0.2, 0) is 4.74 Å². The van der Waals surface area contributed by atoms with Crippen LogP contribution in [0.3, 0.4) is 0 Å². The molecule has 0 aromatic carbocycles. The van der Waals surface area contributed by atoms with Crippen molar-refractivity contribution in [2.45, 2.75) is 25.7 Å². The Balaban J connectivity index is 2.32. The van der Waals surface area contributed by atoms with Gasteiger partial charge in [0.05, 0.1) is 6.61 Å². The van der Waals surface area contributed by atoms with Crippen LogP contribution in [0, 0.1) is 0 Å². The van der Waals surface area contributed by atoms with E-state index in [9.17, 15) is 9.59 Å².